The zero-order valence-corrected chi connectivity index (χ0v) is 10.6. The molecule has 1 aromatic rings. The van der Waals surface area contributed by atoms with Crippen molar-refractivity contribution < 1.29 is 23.5 Å². The Morgan fingerprint density at radius 1 is 1.47 bits per heavy atom. The molecule has 0 bridgehead atoms. The van der Waals surface area contributed by atoms with Crippen LogP contribution in [0.15, 0.2) is 18.2 Å². The average Bonchev–Trinajstić information content (AvgIpc) is 3.17. The third-order valence-corrected chi connectivity index (χ3v) is 3.34. The maximum atomic E-state index is 13.0. The van der Waals surface area contributed by atoms with Gasteiger partial charge >= 0.3 is 5.97 Å². The van der Waals surface area contributed by atoms with Gasteiger partial charge in [-0.05, 0) is 31.0 Å². The SMILES string of the molecule is COC(=O)CC1(COc2ccc(F)cc2C=O)CC1. The van der Waals surface area contributed by atoms with Crippen LogP contribution in [0.3, 0.4) is 0 Å². The first-order valence-corrected chi connectivity index (χ1v) is 6.03. The van der Waals surface area contributed by atoms with Crippen molar-refractivity contribution in [2.24, 2.45) is 5.41 Å². The summed E-state index contributed by atoms with van der Waals surface area (Å²) in [5.41, 5.74) is -0.0179. The lowest BCUT2D eigenvalue weighted by Gasteiger charge is -2.15. The lowest BCUT2D eigenvalue weighted by Crippen LogP contribution is -2.18. The number of ether oxygens (including phenoxy) is 2. The summed E-state index contributed by atoms with van der Waals surface area (Å²) in [6.45, 7) is 0.328. The Hall–Kier alpha value is -1.91. The molecule has 0 N–H and O–H groups in total. The Bertz CT molecular complexity index is 494. The van der Waals surface area contributed by atoms with Crippen molar-refractivity contribution in [1.82, 2.24) is 0 Å². The summed E-state index contributed by atoms with van der Waals surface area (Å²) in [6.07, 6.45) is 2.64. The predicted molar refractivity (Wildman–Crippen MR) is 65.6 cm³/mol. The van der Waals surface area contributed by atoms with Crippen LogP contribution in [0.1, 0.15) is 29.6 Å². The van der Waals surface area contributed by atoms with Crippen molar-refractivity contribution >= 4 is 12.3 Å². The van der Waals surface area contributed by atoms with E-state index in [0.717, 1.165) is 18.9 Å². The molecule has 0 amide bonds. The molecule has 0 saturated heterocycles. The largest absolute Gasteiger partial charge is 0.492 e. The summed E-state index contributed by atoms with van der Waals surface area (Å²) in [7, 11) is 1.35. The van der Waals surface area contributed by atoms with Gasteiger partial charge in [0.2, 0.25) is 0 Å². The maximum Gasteiger partial charge on any atom is 0.306 e. The second-order valence-electron chi connectivity index (χ2n) is 4.84. The van der Waals surface area contributed by atoms with Gasteiger partial charge < -0.3 is 9.47 Å². The van der Waals surface area contributed by atoms with E-state index in [9.17, 15) is 14.0 Å². The minimum absolute atomic E-state index is 0.175. The molecule has 5 heteroatoms. The van der Waals surface area contributed by atoms with E-state index in [4.69, 9.17) is 4.74 Å². The summed E-state index contributed by atoms with van der Waals surface area (Å²) < 4.78 is 23.2. The van der Waals surface area contributed by atoms with Gasteiger partial charge in [0.15, 0.2) is 6.29 Å². The number of hydrogen-bond acceptors (Lipinski definition) is 4. The fraction of sp³-hybridized carbons (Fsp3) is 0.429. The van der Waals surface area contributed by atoms with E-state index in [1.165, 1.54) is 19.2 Å². The molecule has 1 aliphatic carbocycles. The van der Waals surface area contributed by atoms with Gasteiger partial charge in [-0.1, -0.05) is 0 Å². The van der Waals surface area contributed by atoms with Crippen LogP contribution in [0.2, 0.25) is 0 Å². The number of aldehydes is 1. The Kier molecular flexibility index (Phi) is 3.83. The second kappa shape index (κ2) is 5.38. The van der Waals surface area contributed by atoms with E-state index in [1.807, 2.05) is 0 Å². The number of hydrogen-bond donors (Lipinski definition) is 0. The lowest BCUT2D eigenvalue weighted by molar-refractivity contribution is -0.142. The molecular formula is C14H15FO4. The quantitative estimate of drug-likeness (QED) is 0.586. The molecule has 0 heterocycles. The van der Waals surface area contributed by atoms with Gasteiger partial charge in [0.1, 0.15) is 11.6 Å². The van der Waals surface area contributed by atoms with Crippen molar-refractivity contribution in [3.8, 4) is 5.75 Å². The van der Waals surface area contributed by atoms with Crippen LogP contribution in [0.5, 0.6) is 5.75 Å². The van der Waals surface area contributed by atoms with Crippen LogP contribution < -0.4 is 4.74 Å². The van der Waals surface area contributed by atoms with Gasteiger partial charge in [-0.25, -0.2) is 4.39 Å². The molecule has 19 heavy (non-hydrogen) atoms. The average molecular weight is 266 g/mol. The number of methoxy groups -OCH3 is 1. The standard InChI is InChI=1S/C14H15FO4/c1-18-13(17)7-14(4-5-14)9-19-12-3-2-11(15)6-10(12)8-16/h2-3,6,8H,4-5,7,9H2,1H3. The third-order valence-electron chi connectivity index (χ3n) is 3.34. The fourth-order valence-corrected chi connectivity index (χ4v) is 1.90. The number of benzene rings is 1. The second-order valence-corrected chi connectivity index (χ2v) is 4.84. The zero-order chi connectivity index (χ0) is 13.9. The smallest absolute Gasteiger partial charge is 0.306 e. The van der Waals surface area contributed by atoms with Gasteiger partial charge in [0.25, 0.3) is 0 Å². The maximum absolute atomic E-state index is 13.0. The molecule has 1 aliphatic rings. The van der Waals surface area contributed by atoms with Crippen molar-refractivity contribution in [1.29, 1.82) is 0 Å². The van der Waals surface area contributed by atoms with Crippen LogP contribution in [0.25, 0.3) is 0 Å². The number of carbonyl (C=O) groups is 2. The molecule has 4 nitrogen and oxygen atoms in total. The fourth-order valence-electron chi connectivity index (χ4n) is 1.90. The predicted octanol–water partition coefficient (Wildman–Crippen LogP) is 2.36. The first-order chi connectivity index (χ1) is 9.08. The highest BCUT2D eigenvalue weighted by Gasteiger charge is 2.45. The monoisotopic (exact) mass is 266 g/mol. The number of rotatable bonds is 6. The van der Waals surface area contributed by atoms with E-state index in [-0.39, 0.29) is 16.9 Å². The Balaban J connectivity index is 1.99. The summed E-state index contributed by atoms with van der Waals surface area (Å²) in [5.74, 6) is -0.409. The van der Waals surface area contributed by atoms with Gasteiger partial charge in [-0.3, -0.25) is 9.59 Å². The van der Waals surface area contributed by atoms with Gasteiger partial charge in [-0.2, -0.15) is 0 Å². The van der Waals surface area contributed by atoms with Gasteiger partial charge in [-0.15, -0.1) is 0 Å². The Labute approximate surface area is 110 Å². The number of carbonyl (C=O) groups excluding carboxylic acids is 2. The van der Waals surface area contributed by atoms with E-state index >= 15 is 0 Å². The highest BCUT2D eigenvalue weighted by atomic mass is 19.1. The molecule has 2 rings (SSSR count). The summed E-state index contributed by atoms with van der Waals surface area (Å²) in [6, 6.07) is 3.79. The lowest BCUT2D eigenvalue weighted by atomic mass is 10.0. The zero-order valence-electron chi connectivity index (χ0n) is 10.6. The van der Waals surface area contributed by atoms with Crippen molar-refractivity contribution in [2.45, 2.75) is 19.3 Å². The molecule has 1 saturated carbocycles. The van der Waals surface area contributed by atoms with Crippen LogP contribution in [0, 0.1) is 11.2 Å². The molecule has 1 aromatic carbocycles. The van der Waals surface area contributed by atoms with E-state index in [1.54, 1.807) is 0 Å². The molecule has 0 radical (unpaired) electrons. The minimum atomic E-state index is -0.481. The highest BCUT2D eigenvalue weighted by Crippen LogP contribution is 2.49. The summed E-state index contributed by atoms with van der Waals surface area (Å²) >= 11 is 0. The molecule has 0 spiro atoms. The van der Waals surface area contributed by atoms with Gasteiger partial charge in [0, 0.05) is 5.41 Å². The van der Waals surface area contributed by atoms with Gasteiger partial charge in [0.05, 0.1) is 25.7 Å². The highest BCUT2D eigenvalue weighted by molar-refractivity contribution is 5.79. The van der Waals surface area contributed by atoms with Crippen LogP contribution in [0.4, 0.5) is 4.39 Å². The number of esters is 1. The molecule has 102 valence electrons. The summed E-state index contributed by atoms with van der Waals surface area (Å²) in [4.78, 5) is 22.1. The van der Waals surface area contributed by atoms with E-state index in [2.05, 4.69) is 4.74 Å². The molecule has 0 atom stereocenters. The van der Waals surface area contributed by atoms with Crippen molar-refractivity contribution in [3.63, 3.8) is 0 Å². The van der Waals surface area contributed by atoms with E-state index < -0.39 is 5.82 Å². The summed E-state index contributed by atoms with van der Waals surface area (Å²) in [5, 5.41) is 0. The van der Waals surface area contributed by atoms with Crippen LogP contribution in [-0.4, -0.2) is 26.0 Å². The van der Waals surface area contributed by atoms with Crippen molar-refractivity contribution in [3.05, 3.63) is 29.6 Å². The normalized spacial score (nSPS) is 15.7. The third kappa shape index (κ3) is 3.30. The Morgan fingerprint density at radius 2 is 2.21 bits per heavy atom. The van der Waals surface area contributed by atoms with Crippen LogP contribution in [-0.2, 0) is 9.53 Å². The first kappa shape index (κ1) is 13.5. The molecular weight excluding hydrogens is 251 g/mol. The van der Waals surface area contributed by atoms with Crippen molar-refractivity contribution in [2.75, 3.05) is 13.7 Å². The molecule has 0 aromatic heterocycles. The minimum Gasteiger partial charge on any atom is -0.492 e. The topological polar surface area (TPSA) is 52.6 Å². The molecule has 1 fully saturated rings. The number of halogens is 1. The Morgan fingerprint density at radius 3 is 2.79 bits per heavy atom. The van der Waals surface area contributed by atoms with E-state index in [0.29, 0.717) is 25.1 Å². The molecule has 0 aliphatic heterocycles. The van der Waals surface area contributed by atoms with Crippen LogP contribution >= 0.6 is 0 Å². The molecule has 0 unspecified atom stereocenters. The first-order valence-electron chi connectivity index (χ1n) is 6.03.